The van der Waals surface area contributed by atoms with Gasteiger partial charge in [0.15, 0.2) is 0 Å². The molecule has 0 aromatic heterocycles. The Hall–Kier alpha value is -1.60. The fourth-order valence-electron chi connectivity index (χ4n) is 2.56. The van der Waals surface area contributed by atoms with Crippen molar-refractivity contribution in [2.75, 3.05) is 20.2 Å². The van der Waals surface area contributed by atoms with Gasteiger partial charge in [-0.3, -0.25) is 4.79 Å². The van der Waals surface area contributed by atoms with Gasteiger partial charge in [0.1, 0.15) is 5.75 Å². The van der Waals surface area contributed by atoms with Crippen molar-refractivity contribution in [1.82, 2.24) is 9.62 Å². The normalized spacial score (nSPS) is 15.8. The fraction of sp³-hybridized carbons (Fsp3) is 0.588. The Morgan fingerprint density at radius 2 is 1.96 bits per heavy atom. The maximum Gasteiger partial charge on any atom is 0.240 e. The Morgan fingerprint density at radius 3 is 2.50 bits per heavy atom. The van der Waals surface area contributed by atoms with Crippen LogP contribution in [0, 0.1) is 5.92 Å². The first-order valence-electron chi connectivity index (χ1n) is 8.33. The number of amides is 1. The number of benzene rings is 1. The van der Waals surface area contributed by atoms with Crippen LogP contribution in [0.25, 0.3) is 0 Å². The maximum absolute atomic E-state index is 12.2. The molecule has 134 valence electrons. The Balaban J connectivity index is 1.84. The third-order valence-electron chi connectivity index (χ3n) is 4.38. The van der Waals surface area contributed by atoms with Crippen molar-refractivity contribution in [2.24, 2.45) is 5.92 Å². The van der Waals surface area contributed by atoms with Crippen LogP contribution in [0.5, 0.6) is 5.75 Å². The number of hydrogen-bond donors (Lipinski definition) is 1. The lowest BCUT2D eigenvalue weighted by Gasteiger charge is -2.25. The zero-order valence-corrected chi connectivity index (χ0v) is 15.3. The molecule has 0 spiro atoms. The molecule has 1 fully saturated rings. The van der Waals surface area contributed by atoms with Crippen molar-refractivity contribution >= 4 is 15.9 Å². The molecule has 24 heavy (non-hydrogen) atoms. The van der Waals surface area contributed by atoms with Gasteiger partial charge in [0.25, 0.3) is 0 Å². The van der Waals surface area contributed by atoms with Gasteiger partial charge in [-0.2, -0.15) is 0 Å². The molecule has 1 saturated carbocycles. The Morgan fingerprint density at radius 1 is 1.33 bits per heavy atom. The number of hydrogen-bond acceptors (Lipinski definition) is 4. The second-order valence-corrected chi connectivity index (χ2v) is 7.90. The number of nitrogens with zero attached hydrogens (tertiary/aromatic N) is 1. The van der Waals surface area contributed by atoms with Gasteiger partial charge in [-0.1, -0.05) is 0 Å². The van der Waals surface area contributed by atoms with Crippen molar-refractivity contribution in [1.29, 1.82) is 0 Å². The van der Waals surface area contributed by atoms with E-state index in [0.29, 0.717) is 18.3 Å². The van der Waals surface area contributed by atoms with E-state index in [0.717, 1.165) is 0 Å². The first-order valence-corrected chi connectivity index (χ1v) is 9.81. The average Bonchev–Trinajstić information content (AvgIpc) is 3.39. The van der Waals surface area contributed by atoms with Gasteiger partial charge in [0, 0.05) is 26.1 Å². The van der Waals surface area contributed by atoms with Gasteiger partial charge in [0.2, 0.25) is 15.9 Å². The van der Waals surface area contributed by atoms with E-state index < -0.39 is 10.0 Å². The van der Waals surface area contributed by atoms with Crippen LogP contribution in [0.15, 0.2) is 29.2 Å². The van der Waals surface area contributed by atoms with E-state index in [9.17, 15) is 13.2 Å². The summed E-state index contributed by atoms with van der Waals surface area (Å²) in [6.07, 6.45) is 2.50. The molecular weight excluding hydrogens is 328 g/mol. The quantitative estimate of drug-likeness (QED) is 0.736. The summed E-state index contributed by atoms with van der Waals surface area (Å²) in [5.74, 6) is 1.19. The maximum atomic E-state index is 12.2. The molecule has 0 saturated heterocycles. The summed E-state index contributed by atoms with van der Waals surface area (Å²) in [7, 11) is -1.83. The molecule has 1 aliphatic carbocycles. The van der Waals surface area contributed by atoms with Crippen LogP contribution >= 0.6 is 0 Å². The van der Waals surface area contributed by atoms with E-state index >= 15 is 0 Å². The summed E-state index contributed by atoms with van der Waals surface area (Å²) in [6, 6.07) is 6.45. The highest BCUT2D eigenvalue weighted by molar-refractivity contribution is 7.89. The lowest BCUT2D eigenvalue weighted by atomic mass is 10.2. The lowest BCUT2D eigenvalue weighted by molar-refractivity contribution is -0.131. The molecule has 0 radical (unpaired) electrons. The van der Waals surface area contributed by atoms with E-state index in [-0.39, 0.29) is 29.8 Å². The monoisotopic (exact) mass is 354 g/mol. The molecule has 7 heteroatoms. The summed E-state index contributed by atoms with van der Waals surface area (Å²) in [4.78, 5) is 14.0. The molecule has 1 aromatic rings. The highest BCUT2D eigenvalue weighted by Crippen LogP contribution is 2.34. The minimum atomic E-state index is -3.61. The van der Waals surface area contributed by atoms with Crippen LogP contribution in [0.4, 0.5) is 0 Å². The van der Waals surface area contributed by atoms with E-state index in [1.165, 1.54) is 25.0 Å². The van der Waals surface area contributed by atoms with Crippen LogP contribution in [0.3, 0.4) is 0 Å². The second kappa shape index (κ2) is 7.98. The molecule has 1 amide bonds. The van der Waals surface area contributed by atoms with Gasteiger partial charge < -0.3 is 9.64 Å². The van der Waals surface area contributed by atoms with Crippen LogP contribution in [-0.2, 0) is 14.8 Å². The van der Waals surface area contributed by atoms with Crippen molar-refractivity contribution in [3.8, 4) is 5.75 Å². The number of rotatable bonds is 9. The fourth-order valence-corrected chi connectivity index (χ4v) is 3.59. The molecule has 1 N–H and O–H groups in total. The topological polar surface area (TPSA) is 75.7 Å². The summed E-state index contributed by atoms with van der Waals surface area (Å²) >= 11 is 0. The highest BCUT2D eigenvalue weighted by atomic mass is 32.2. The molecule has 1 unspecified atom stereocenters. The SMILES string of the molecule is CCOc1ccc(S(=O)(=O)NCCC(=O)N(C)C(C)C2CC2)cc1. The number of sulfonamides is 1. The van der Waals surface area contributed by atoms with E-state index in [2.05, 4.69) is 4.72 Å². The largest absolute Gasteiger partial charge is 0.494 e. The van der Waals surface area contributed by atoms with E-state index in [4.69, 9.17) is 4.74 Å². The zero-order chi connectivity index (χ0) is 17.7. The molecule has 6 nitrogen and oxygen atoms in total. The summed E-state index contributed by atoms with van der Waals surface area (Å²) in [6.45, 7) is 4.53. The van der Waals surface area contributed by atoms with Gasteiger partial charge >= 0.3 is 0 Å². The summed E-state index contributed by atoms with van der Waals surface area (Å²) in [5.41, 5.74) is 0. The first-order chi connectivity index (χ1) is 11.3. The van der Waals surface area contributed by atoms with Crippen molar-refractivity contribution in [3.05, 3.63) is 24.3 Å². The molecule has 1 atom stereocenters. The molecule has 0 heterocycles. The van der Waals surface area contributed by atoms with Gasteiger partial charge in [-0.15, -0.1) is 0 Å². The average molecular weight is 354 g/mol. The number of carbonyl (C=O) groups excluding carboxylic acids is 1. The minimum Gasteiger partial charge on any atom is -0.494 e. The van der Waals surface area contributed by atoms with Crippen LogP contribution in [0.2, 0.25) is 0 Å². The van der Waals surface area contributed by atoms with Crippen molar-refractivity contribution in [3.63, 3.8) is 0 Å². The van der Waals surface area contributed by atoms with Gasteiger partial charge in [-0.05, 0) is 56.9 Å². The molecule has 1 aliphatic rings. The minimum absolute atomic E-state index is 0.0382. The van der Waals surface area contributed by atoms with Gasteiger partial charge in [-0.25, -0.2) is 13.1 Å². The van der Waals surface area contributed by atoms with E-state index in [1.807, 2.05) is 13.8 Å². The van der Waals surface area contributed by atoms with Crippen LogP contribution in [0.1, 0.15) is 33.1 Å². The predicted octanol–water partition coefficient (Wildman–Crippen LogP) is 2.01. The number of carbonyl (C=O) groups is 1. The van der Waals surface area contributed by atoms with Crippen LogP contribution < -0.4 is 9.46 Å². The standard InChI is InChI=1S/C17H26N2O4S/c1-4-23-15-7-9-16(10-8-15)24(21,22)18-12-11-17(20)19(3)13(2)14-5-6-14/h7-10,13-14,18H,4-6,11-12H2,1-3H3. The summed E-state index contributed by atoms with van der Waals surface area (Å²) < 4.78 is 32.2. The summed E-state index contributed by atoms with van der Waals surface area (Å²) in [5, 5.41) is 0. The Bertz CT molecular complexity index is 654. The Labute approximate surface area is 144 Å². The molecule has 0 bridgehead atoms. The lowest BCUT2D eigenvalue weighted by Crippen LogP contribution is -2.38. The molecule has 0 aliphatic heterocycles. The molecule has 1 aromatic carbocycles. The third kappa shape index (κ3) is 4.95. The van der Waals surface area contributed by atoms with Gasteiger partial charge in [0.05, 0.1) is 11.5 Å². The Kier molecular flexibility index (Phi) is 6.23. The first kappa shape index (κ1) is 18.7. The zero-order valence-electron chi connectivity index (χ0n) is 14.5. The van der Waals surface area contributed by atoms with Crippen LogP contribution in [-0.4, -0.2) is 45.5 Å². The molecular formula is C17H26N2O4S. The smallest absolute Gasteiger partial charge is 0.240 e. The third-order valence-corrected chi connectivity index (χ3v) is 5.86. The van der Waals surface area contributed by atoms with Crippen molar-refractivity contribution in [2.45, 2.75) is 44.0 Å². The number of nitrogens with one attached hydrogen (secondary N) is 1. The van der Waals surface area contributed by atoms with Crippen molar-refractivity contribution < 1.29 is 17.9 Å². The second-order valence-electron chi connectivity index (χ2n) is 6.13. The predicted molar refractivity (Wildman–Crippen MR) is 92.4 cm³/mol. The van der Waals surface area contributed by atoms with E-state index in [1.54, 1.807) is 24.1 Å². The highest BCUT2D eigenvalue weighted by Gasteiger charge is 2.32. The number of ether oxygens (including phenoxy) is 1. The molecule has 2 rings (SSSR count).